The third-order valence-corrected chi connectivity index (χ3v) is 3.53. The van der Waals surface area contributed by atoms with Crippen molar-refractivity contribution in [3.63, 3.8) is 0 Å². The number of ether oxygens (including phenoxy) is 1. The van der Waals surface area contributed by atoms with Crippen LogP contribution in [0.15, 0.2) is 18.0 Å². The number of carbonyl (C=O) groups excluding carboxylic acids is 2. The number of allylic oxidation sites excluding steroid dienone is 2. The van der Waals surface area contributed by atoms with Gasteiger partial charge in [-0.2, -0.15) is 0 Å². The molecule has 0 unspecified atom stereocenters. The molecule has 3 rings (SSSR count). The zero-order valence-electron chi connectivity index (χ0n) is 10.8. The molecule has 1 aliphatic carbocycles. The zero-order valence-corrected chi connectivity index (χ0v) is 10.8. The molecule has 19 heavy (non-hydrogen) atoms. The Balaban J connectivity index is 2.38. The molecular formula is C14H12N2O3. The monoisotopic (exact) mass is 256 g/mol. The smallest absolute Gasteiger partial charge is 0.246 e. The number of H-pyrrole nitrogens is 1. The molecular weight excluding hydrogens is 244 g/mol. The summed E-state index contributed by atoms with van der Waals surface area (Å²) >= 11 is 0. The van der Waals surface area contributed by atoms with Crippen LogP contribution in [0.5, 0.6) is 0 Å². The van der Waals surface area contributed by atoms with E-state index in [0.717, 1.165) is 16.6 Å². The highest BCUT2D eigenvalue weighted by Crippen LogP contribution is 2.29. The predicted molar refractivity (Wildman–Crippen MR) is 69.3 cm³/mol. The lowest BCUT2D eigenvalue weighted by atomic mass is 9.96. The summed E-state index contributed by atoms with van der Waals surface area (Å²) in [5.41, 5.74) is 3.15. The van der Waals surface area contributed by atoms with Gasteiger partial charge in [-0.1, -0.05) is 0 Å². The molecule has 0 saturated heterocycles. The standard InChI is InChI=1S/C14H12N2O3/c1-6-7(2)16-12-8(6)5-15-13-11(12)9(17)4-10(19-3)14(13)18/h4-5,16H,1-3H3. The number of aromatic amines is 1. The first-order valence-corrected chi connectivity index (χ1v) is 5.87. The van der Waals surface area contributed by atoms with E-state index in [1.165, 1.54) is 13.2 Å². The van der Waals surface area contributed by atoms with Crippen LogP contribution in [0.25, 0.3) is 10.9 Å². The molecule has 0 fully saturated rings. The van der Waals surface area contributed by atoms with Gasteiger partial charge in [-0.05, 0) is 19.4 Å². The van der Waals surface area contributed by atoms with Crippen LogP contribution in [0.2, 0.25) is 0 Å². The Hall–Kier alpha value is -2.43. The van der Waals surface area contributed by atoms with Gasteiger partial charge >= 0.3 is 0 Å². The van der Waals surface area contributed by atoms with E-state index in [2.05, 4.69) is 9.97 Å². The summed E-state index contributed by atoms with van der Waals surface area (Å²) in [5.74, 6) is -0.584. The number of nitrogens with one attached hydrogen (secondary N) is 1. The van der Waals surface area contributed by atoms with E-state index in [1.807, 2.05) is 13.8 Å². The summed E-state index contributed by atoms with van der Waals surface area (Å²) in [6, 6.07) is 0. The maximum absolute atomic E-state index is 12.2. The van der Waals surface area contributed by atoms with Crippen LogP contribution in [0.1, 0.15) is 32.1 Å². The molecule has 2 heterocycles. The minimum absolute atomic E-state index is 0.0318. The number of nitrogens with zero attached hydrogens (tertiary/aromatic N) is 1. The van der Waals surface area contributed by atoms with Gasteiger partial charge in [0.05, 0.1) is 18.2 Å². The van der Waals surface area contributed by atoms with Crippen LogP contribution in [0.3, 0.4) is 0 Å². The minimum atomic E-state index is -0.357. The number of pyridine rings is 1. The predicted octanol–water partition coefficient (Wildman–Crippen LogP) is 2.09. The van der Waals surface area contributed by atoms with Gasteiger partial charge in [0.2, 0.25) is 5.78 Å². The van der Waals surface area contributed by atoms with Crippen LogP contribution >= 0.6 is 0 Å². The summed E-state index contributed by atoms with van der Waals surface area (Å²) in [4.78, 5) is 31.6. The van der Waals surface area contributed by atoms with Gasteiger partial charge in [-0.3, -0.25) is 14.6 Å². The van der Waals surface area contributed by atoms with Crippen LogP contribution in [-0.4, -0.2) is 28.6 Å². The van der Waals surface area contributed by atoms with E-state index in [9.17, 15) is 9.59 Å². The third kappa shape index (κ3) is 1.44. The van der Waals surface area contributed by atoms with E-state index in [-0.39, 0.29) is 23.0 Å². The number of methoxy groups -OCH3 is 1. The number of carbonyl (C=O) groups is 2. The second-order valence-electron chi connectivity index (χ2n) is 4.55. The Morgan fingerprint density at radius 2 is 2.00 bits per heavy atom. The largest absolute Gasteiger partial charge is 0.492 e. The van der Waals surface area contributed by atoms with Crippen LogP contribution in [0, 0.1) is 13.8 Å². The lowest BCUT2D eigenvalue weighted by Gasteiger charge is -2.13. The quantitative estimate of drug-likeness (QED) is 0.848. The normalized spacial score (nSPS) is 14.6. The molecule has 0 aliphatic heterocycles. The fourth-order valence-corrected chi connectivity index (χ4v) is 2.35. The highest BCUT2D eigenvalue weighted by atomic mass is 16.5. The van der Waals surface area contributed by atoms with E-state index >= 15 is 0 Å². The van der Waals surface area contributed by atoms with Crippen molar-refractivity contribution in [3.05, 3.63) is 40.5 Å². The highest BCUT2D eigenvalue weighted by molar-refractivity contribution is 6.26. The second kappa shape index (κ2) is 3.78. The third-order valence-electron chi connectivity index (χ3n) is 3.53. The first-order valence-electron chi connectivity index (χ1n) is 5.87. The minimum Gasteiger partial charge on any atom is -0.492 e. The van der Waals surface area contributed by atoms with Gasteiger partial charge in [-0.25, -0.2) is 0 Å². The fraction of sp³-hybridized carbons (Fsp3) is 0.214. The van der Waals surface area contributed by atoms with Crippen LogP contribution < -0.4 is 0 Å². The number of rotatable bonds is 1. The van der Waals surface area contributed by atoms with E-state index in [0.29, 0.717) is 11.1 Å². The lowest BCUT2D eigenvalue weighted by molar-refractivity contribution is 0.0912. The number of hydrogen-bond donors (Lipinski definition) is 1. The molecule has 0 saturated carbocycles. The van der Waals surface area contributed by atoms with Crippen molar-refractivity contribution in [2.75, 3.05) is 7.11 Å². The number of Topliss-reactive ketones (excluding diaryl/α,β-unsaturated/α-hetero) is 1. The van der Waals surface area contributed by atoms with Gasteiger partial charge in [0, 0.05) is 23.4 Å². The van der Waals surface area contributed by atoms with E-state index < -0.39 is 0 Å². The number of aromatic nitrogens is 2. The number of aryl methyl sites for hydroxylation is 2. The Bertz CT molecular complexity index is 769. The maximum Gasteiger partial charge on any atom is 0.246 e. The van der Waals surface area contributed by atoms with Crippen molar-refractivity contribution < 1.29 is 14.3 Å². The van der Waals surface area contributed by atoms with Gasteiger partial charge in [0.15, 0.2) is 11.5 Å². The fourth-order valence-electron chi connectivity index (χ4n) is 2.35. The molecule has 1 N–H and O–H groups in total. The summed E-state index contributed by atoms with van der Waals surface area (Å²) in [6.45, 7) is 3.88. The number of hydrogen-bond acceptors (Lipinski definition) is 4. The molecule has 2 aromatic heterocycles. The Morgan fingerprint density at radius 1 is 1.26 bits per heavy atom. The highest BCUT2D eigenvalue weighted by Gasteiger charge is 2.30. The molecule has 5 nitrogen and oxygen atoms in total. The summed E-state index contributed by atoms with van der Waals surface area (Å²) in [5, 5.41) is 0.867. The first-order chi connectivity index (χ1) is 9.04. The maximum atomic E-state index is 12.2. The lowest BCUT2D eigenvalue weighted by Crippen LogP contribution is -2.20. The molecule has 0 amide bonds. The summed E-state index contributed by atoms with van der Waals surface area (Å²) < 4.78 is 4.91. The second-order valence-corrected chi connectivity index (χ2v) is 4.55. The molecule has 1 aliphatic rings. The molecule has 0 atom stereocenters. The van der Waals surface area contributed by atoms with Gasteiger partial charge in [-0.15, -0.1) is 0 Å². The molecule has 0 aromatic carbocycles. The summed E-state index contributed by atoms with van der Waals surface area (Å²) in [6.07, 6.45) is 2.84. The van der Waals surface area contributed by atoms with E-state index in [1.54, 1.807) is 6.20 Å². The Kier molecular flexibility index (Phi) is 2.32. The summed E-state index contributed by atoms with van der Waals surface area (Å²) in [7, 11) is 1.36. The van der Waals surface area contributed by atoms with Gasteiger partial charge < -0.3 is 9.72 Å². The Labute approximate surface area is 109 Å². The molecule has 2 aromatic rings. The van der Waals surface area contributed by atoms with Gasteiger partial charge in [0.1, 0.15) is 5.69 Å². The topological polar surface area (TPSA) is 72.0 Å². The van der Waals surface area contributed by atoms with E-state index in [4.69, 9.17) is 4.74 Å². The van der Waals surface area contributed by atoms with Crippen LogP contribution in [0.4, 0.5) is 0 Å². The average Bonchev–Trinajstić information content (AvgIpc) is 2.69. The molecule has 0 spiro atoms. The zero-order chi connectivity index (χ0) is 13.7. The number of ketones is 2. The van der Waals surface area contributed by atoms with Crippen molar-refractivity contribution in [2.45, 2.75) is 13.8 Å². The van der Waals surface area contributed by atoms with Crippen molar-refractivity contribution in [1.29, 1.82) is 0 Å². The van der Waals surface area contributed by atoms with Crippen molar-refractivity contribution in [1.82, 2.24) is 9.97 Å². The van der Waals surface area contributed by atoms with Crippen LogP contribution in [-0.2, 0) is 4.74 Å². The molecule has 96 valence electrons. The first kappa shape index (κ1) is 11.6. The van der Waals surface area contributed by atoms with Crippen molar-refractivity contribution in [2.24, 2.45) is 0 Å². The van der Waals surface area contributed by atoms with Crippen molar-refractivity contribution in [3.8, 4) is 0 Å². The van der Waals surface area contributed by atoms with Crippen molar-refractivity contribution >= 4 is 22.5 Å². The van der Waals surface area contributed by atoms with Gasteiger partial charge in [0.25, 0.3) is 0 Å². The number of fused-ring (bicyclic) bond motifs is 3. The molecule has 5 heteroatoms. The average molecular weight is 256 g/mol. The SMILES string of the molecule is COC1=CC(=O)c2c(ncc3c(C)c(C)[nH]c23)C1=O. The molecule has 0 radical (unpaired) electrons. The Morgan fingerprint density at radius 3 is 2.68 bits per heavy atom. The molecule has 0 bridgehead atoms.